The van der Waals surface area contributed by atoms with Crippen molar-refractivity contribution in [2.24, 2.45) is 7.05 Å². The van der Waals surface area contributed by atoms with Gasteiger partial charge in [0.05, 0.1) is 12.3 Å². The summed E-state index contributed by atoms with van der Waals surface area (Å²) in [7, 11) is 1.94. The number of aryl methyl sites for hydroxylation is 1. The summed E-state index contributed by atoms with van der Waals surface area (Å²) in [5.41, 5.74) is 2.42. The van der Waals surface area contributed by atoms with Crippen LogP contribution >= 0.6 is 0 Å². The van der Waals surface area contributed by atoms with Gasteiger partial charge in [-0.05, 0) is 45.4 Å². The van der Waals surface area contributed by atoms with Crippen molar-refractivity contribution >= 4 is 0 Å². The van der Waals surface area contributed by atoms with Crippen LogP contribution in [0.5, 0.6) is 5.75 Å². The minimum Gasteiger partial charge on any atom is -0.491 e. The van der Waals surface area contributed by atoms with Gasteiger partial charge in [-0.2, -0.15) is 5.10 Å². The Kier molecular flexibility index (Phi) is 5.02. The second-order valence-electron chi connectivity index (χ2n) is 5.80. The molecule has 1 N–H and O–H groups in total. The van der Waals surface area contributed by atoms with Crippen LogP contribution in [0.3, 0.4) is 0 Å². The summed E-state index contributed by atoms with van der Waals surface area (Å²) in [5, 5.41) is 7.82. The van der Waals surface area contributed by atoms with Crippen LogP contribution in [-0.4, -0.2) is 15.9 Å². The molecule has 0 amide bonds. The number of benzene rings is 1. The van der Waals surface area contributed by atoms with Crippen LogP contribution in [-0.2, 0) is 7.05 Å². The first kappa shape index (κ1) is 15.6. The molecule has 0 bridgehead atoms. The molecular formula is C17H25N3O. The van der Waals surface area contributed by atoms with Gasteiger partial charge in [-0.1, -0.05) is 12.1 Å². The molecular weight excluding hydrogens is 262 g/mol. The van der Waals surface area contributed by atoms with Crippen molar-refractivity contribution in [1.82, 2.24) is 15.1 Å². The average Bonchev–Trinajstić information content (AvgIpc) is 2.85. The molecule has 0 aliphatic carbocycles. The number of nitrogens with one attached hydrogen (secondary N) is 1. The zero-order chi connectivity index (χ0) is 15.4. The van der Waals surface area contributed by atoms with Gasteiger partial charge in [0.2, 0.25) is 0 Å². The lowest BCUT2D eigenvalue weighted by molar-refractivity contribution is 0.242. The molecule has 0 aliphatic rings. The van der Waals surface area contributed by atoms with E-state index in [9.17, 15) is 0 Å². The van der Waals surface area contributed by atoms with Crippen molar-refractivity contribution in [3.8, 4) is 5.75 Å². The van der Waals surface area contributed by atoms with Crippen molar-refractivity contribution in [2.75, 3.05) is 0 Å². The molecule has 21 heavy (non-hydrogen) atoms. The fourth-order valence-corrected chi connectivity index (χ4v) is 2.36. The molecule has 0 saturated carbocycles. The maximum absolute atomic E-state index is 5.76. The third-order valence-electron chi connectivity index (χ3n) is 3.45. The van der Waals surface area contributed by atoms with Crippen molar-refractivity contribution in [3.63, 3.8) is 0 Å². The number of ether oxygens (including phenoxy) is 1. The molecule has 2 aromatic rings. The van der Waals surface area contributed by atoms with Gasteiger partial charge >= 0.3 is 0 Å². The standard InChI is InChI=1S/C17H25N3O/c1-12(2)21-17-8-6-7-15(9-17)13(3)19-14(4)16-10-18-20(5)11-16/h6-14,19H,1-5H3. The van der Waals surface area contributed by atoms with E-state index in [1.165, 1.54) is 11.1 Å². The molecule has 4 nitrogen and oxygen atoms in total. The van der Waals surface area contributed by atoms with Crippen molar-refractivity contribution in [3.05, 3.63) is 47.8 Å². The predicted octanol–water partition coefficient (Wildman–Crippen LogP) is 3.62. The van der Waals surface area contributed by atoms with Crippen LogP contribution in [0.2, 0.25) is 0 Å². The van der Waals surface area contributed by atoms with E-state index in [1.807, 2.05) is 50.1 Å². The highest BCUT2D eigenvalue weighted by Gasteiger charge is 2.13. The Hall–Kier alpha value is -1.81. The molecule has 0 saturated heterocycles. The summed E-state index contributed by atoms with van der Waals surface area (Å²) in [6.07, 6.45) is 4.14. The molecule has 4 heteroatoms. The Bertz CT molecular complexity index is 577. The van der Waals surface area contributed by atoms with Crippen molar-refractivity contribution in [1.29, 1.82) is 0 Å². The third-order valence-corrected chi connectivity index (χ3v) is 3.45. The van der Waals surface area contributed by atoms with Crippen LogP contribution in [0.25, 0.3) is 0 Å². The lowest BCUT2D eigenvalue weighted by atomic mass is 10.1. The first-order chi connectivity index (χ1) is 9.95. The highest BCUT2D eigenvalue weighted by Crippen LogP contribution is 2.23. The Morgan fingerprint density at radius 1 is 1.10 bits per heavy atom. The van der Waals surface area contributed by atoms with E-state index < -0.39 is 0 Å². The van der Waals surface area contributed by atoms with E-state index in [1.54, 1.807) is 0 Å². The largest absolute Gasteiger partial charge is 0.491 e. The average molecular weight is 287 g/mol. The number of nitrogens with zero attached hydrogens (tertiary/aromatic N) is 2. The third kappa shape index (κ3) is 4.33. The molecule has 2 rings (SSSR count). The molecule has 0 fully saturated rings. The van der Waals surface area contributed by atoms with E-state index in [2.05, 4.69) is 36.4 Å². The first-order valence-corrected chi connectivity index (χ1v) is 7.47. The topological polar surface area (TPSA) is 39.1 Å². The number of hydrogen-bond donors (Lipinski definition) is 1. The zero-order valence-corrected chi connectivity index (χ0v) is 13.5. The summed E-state index contributed by atoms with van der Waals surface area (Å²) in [4.78, 5) is 0. The van der Waals surface area contributed by atoms with Gasteiger partial charge < -0.3 is 10.1 Å². The fraction of sp³-hybridized carbons (Fsp3) is 0.471. The Labute approximate surface area is 127 Å². The van der Waals surface area contributed by atoms with Gasteiger partial charge in [0.15, 0.2) is 0 Å². The van der Waals surface area contributed by atoms with Crippen LogP contribution in [0, 0.1) is 0 Å². The maximum atomic E-state index is 5.76. The molecule has 0 aliphatic heterocycles. The molecule has 1 heterocycles. The summed E-state index contributed by atoms with van der Waals surface area (Å²) >= 11 is 0. The zero-order valence-electron chi connectivity index (χ0n) is 13.5. The van der Waals surface area contributed by atoms with Crippen LogP contribution in [0.1, 0.15) is 50.9 Å². The lowest BCUT2D eigenvalue weighted by Crippen LogP contribution is -2.22. The van der Waals surface area contributed by atoms with Gasteiger partial charge in [0, 0.05) is 30.9 Å². The second kappa shape index (κ2) is 6.76. The van der Waals surface area contributed by atoms with Crippen molar-refractivity contribution < 1.29 is 4.74 Å². The van der Waals surface area contributed by atoms with E-state index in [0.717, 1.165) is 5.75 Å². The molecule has 2 atom stereocenters. The Morgan fingerprint density at radius 2 is 1.81 bits per heavy atom. The van der Waals surface area contributed by atoms with Gasteiger partial charge in [-0.15, -0.1) is 0 Å². The SMILES string of the molecule is CC(C)Oc1cccc(C(C)NC(C)c2cnn(C)c2)c1. The van der Waals surface area contributed by atoms with E-state index >= 15 is 0 Å². The molecule has 1 aromatic carbocycles. The smallest absolute Gasteiger partial charge is 0.120 e. The first-order valence-electron chi connectivity index (χ1n) is 7.47. The minimum absolute atomic E-state index is 0.192. The molecule has 1 aromatic heterocycles. The molecule has 0 spiro atoms. The molecule has 114 valence electrons. The lowest BCUT2D eigenvalue weighted by Gasteiger charge is -2.20. The Morgan fingerprint density at radius 3 is 2.43 bits per heavy atom. The van der Waals surface area contributed by atoms with Gasteiger partial charge in [0.25, 0.3) is 0 Å². The van der Waals surface area contributed by atoms with E-state index in [-0.39, 0.29) is 18.2 Å². The highest BCUT2D eigenvalue weighted by molar-refractivity contribution is 5.30. The van der Waals surface area contributed by atoms with Crippen LogP contribution < -0.4 is 10.1 Å². The van der Waals surface area contributed by atoms with Crippen LogP contribution in [0.4, 0.5) is 0 Å². The van der Waals surface area contributed by atoms with Crippen LogP contribution in [0.15, 0.2) is 36.7 Å². The minimum atomic E-state index is 0.192. The number of rotatable bonds is 6. The number of hydrogen-bond acceptors (Lipinski definition) is 3. The summed E-state index contributed by atoms with van der Waals surface area (Å²) in [6.45, 7) is 8.40. The summed E-state index contributed by atoms with van der Waals surface area (Å²) in [5.74, 6) is 0.921. The molecule has 0 radical (unpaired) electrons. The van der Waals surface area contributed by atoms with Gasteiger partial charge in [-0.25, -0.2) is 0 Å². The quantitative estimate of drug-likeness (QED) is 0.882. The predicted molar refractivity (Wildman–Crippen MR) is 85.4 cm³/mol. The number of aromatic nitrogens is 2. The Balaban J connectivity index is 2.04. The monoisotopic (exact) mass is 287 g/mol. The second-order valence-corrected chi connectivity index (χ2v) is 5.80. The maximum Gasteiger partial charge on any atom is 0.120 e. The summed E-state index contributed by atoms with van der Waals surface area (Å²) < 4.78 is 7.59. The normalized spacial score (nSPS) is 14.2. The highest BCUT2D eigenvalue weighted by atomic mass is 16.5. The fourth-order valence-electron chi connectivity index (χ4n) is 2.36. The van der Waals surface area contributed by atoms with Gasteiger partial charge in [-0.3, -0.25) is 4.68 Å². The van der Waals surface area contributed by atoms with Crippen molar-refractivity contribution in [2.45, 2.75) is 45.9 Å². The summed E-state index contributed by atoms with van der Waals surface area (Å²) in [6, 6.07) is 8.77. The van der Waals surface area contributed by atoms with Gasteiger partial charge in [0.1, 0.15) is 5.75 Å². The van der Waals surface area contributed by atoms with E-state index in [4.69, 9.17) is 4.74 Å². The molecule has 2 unspecified atom stereocenters. The van der Waals surface area contributed by atoms with E-state index in [0.29, 0.717) is 0 Å².